The molecule has 0 bridgehead atoms. The molecule has 112 valence electrons. The quantitative estimate of drug-likeness (QED) is 0.808. The first kappa shape index (κ1) is 15.5. The fourth-order valence-corrected chi connectivity index (χ4v) is 2.73. The van der Waals surface area contributed by atoms with E-state index < -0.39 is 0 Å². The molecule has 1 heterocycles. The first-order chi connectivity index (χ1) is 9.59. The topological polar surface area (TPSA) is 24.5 Å². The molecule has 0 amide bonds. The van der Waals surface area contributed by atoms with Crippen LogP contribution < -0.4 is 5.32 Å². The van der Waals surface area contributed by atoms with Gasteiger partial charge in [0.05, 0.1) is 12.2 Å². The molecule has 1 aliphatic heterocycles. The summed E-state index contributed by atoms with van der Waals surface area (Å²) in [7, 11) is 0. The first-order valence-electron chi connectivity index (χ1n) is 7.74. The second kappa shape index (κ2) is 7.21. The number of benzene rings is 1. The minimum Gasteiger partial charge on any atom is -0.373 e. The average molecular weight is 276 g/mol. The molecule has 20 heavy (non-hydrogen) atoms. The number of ether oxygens (including phenoxy) is 1. The molecule has 1 aromatic rings. The summed E-state index contributed by atoms with van der Waals surface area (Å²) in [5.74, 6) is 0. The smallest absolute Gasteiger partial charge is 0.0753 e. The molecule has 1 aliphatic rings. The third-order valence-electron chi connectivity index (χ3n) is 3.77. The average Bonchev–Trinajstić information content (AvgIpc) is 2.40. The van der Waals surface area contributed by atoms with Gasteiger partial charge in [0, 0.05) is 19.6 Å². The monoisotopic (exact) mass is 276 g/mol. The van der Waals surface area contributed by atoms with Gasteiger partial charge in [0.25, 0.3) is 0 Å². The van der Waals surface area contributed by atoms with Crippen molar-refractivity contribution in [3.63, 3.8) is 0 Å². The Morgan fingerprint density at radius 3 is 2.55 bits per heavy atom. The number of morpholine rings is 1. The van der Waals surface area contributed by atoms with Crippen molar-refractivity contribution in [2.75, 3.05) is 32.8 Å². The summed E-state index contributed by atoms with van der Waals surface area (Å²) < 4.78 is 5.76. The number of hydrogen-bond acceptors (Lipinski definition) is 3. The molecule has 1 N–H and O–H groups in total. The van der Waals surface area contributed by atoms with Crippen LogP contribution in [0, 0.1) is 0 Å². The zero-order valence-corrected chi connectivity index (χ0v) is 13.1. The van der Waals surface area contributed by atoms with E-state index in [0.29, 0.717) is 0 Å². The van der Waals surface area contributed by atoms with E-state index in [1.807, 2.05) is 0 Å². The Balaban J connectivity index is 1.84. The normalized spacial score (nSPS) is 19.1. The fraction of sp³-hybridized carbons (Fsp3) is 0.647. The molecule has 3 nitrogen and oxygen atoms in total. The van der Waals surface area contributed by atoms with Gasteiger partial charge in [0.1, 0.15) is 0 Å². The summed E-state index contributed by atoms with van der Waals surface area (Å²) in [6, 6.07) is 9.06. The van der Waals surface area contributed by atoms with E-state index in [2.05, 4.69) is 55.3 Å². The van der Waals surface area contributed by atoms with Gasteiger partial charge in [-0.2, -0.15) is 0 Å². The third-order valence-corrected chi connectivity index (χ3v) is 3.77. The molecule has 0 aromatic heterocycles. The number of nitrogens with one attached hydrogen (secondary N) is 1. The van der Waals surface area contributed by atoms with Gasteiger partial charge in [0.2, 0.25) is 0 Å². The third kappa shape index (κ3) is 4.89. The minimum absolute atomic E-state index is 0.00991. The van der Waals surface area contributed by atoms with Crippen molar-refractivity contribution in [3.05, 3.63) is 35.4 Å². The Hall–Kier alpha value is -0.900. The van der Waals surface area contributed by atoms with E-state index in [0.717, 1.165) is 45.8 Å². The molecule has 0 spiro atoms. The number of nitrogens with zero attached hydrogens (tertiary/aromatic N) is 1. The molecule has 0 radical (unpaired) electrons. The van der Waals surface area contributed by atoms with Crippen LogP contribution in [0.15, 0.2) is 24.3 Å². The van der Waals surface area contributed by atoms with Crippen LogP contribution >= 0.6 is 0 Å². The van der Waals surface area contributed by atoms with Gasteiger partial charge in [-0.15, -0.1) is 0 Å². The number of hydrogen-bond donors (Lipinski definition) is 1. The zero-order chi connectivity index (χ0) is 14.4. The molecule has 3 heteroatoms. The maximum Gasteiger partial charge on any atom is 0.0753 e. The van der Waals surface area contributed by atoms with Crippen LogP contribution in [0.3, 0.4) is 0 Å². The highest BCUT2D eigenvalue weighted by molar-refractivity contribution is 5.22. The minimum atomic E-state index is -0.00991. The highest BCUT2D eigenvalue weighted by Crippen LogP contribution is 2.18. The Kier molecular flexibility index (Phi) is 5.58. The van der Waals surface area contributed by atoms with Crippen LogP contribution in [0.1, 0.15) is 31.9 Å². The molecule has 0 atom stereocenters. The second-order valence-electron chi connectivity index (χ2n) is 6.24. The lowest BCUT2D eigenvalue weighted by Crippen LogP contribution is -2.47. The Morgan fingerprint density at radius 2 is 1.90 bits per heavy atom. The summed E-state index contributed by atoms with van der Waals surface area (Å²) in [5, 5.41) is 3.36. The van der Waals surface area contributed by atoms with E-state index in [4.69, 9.17) is 4.74 Å². The van der Waals surface area contributed by atoms with Gasteiger partial charge < -0.3 is 10.1 Å². The van der Waals surface area contributed by atoms with Gasteiger partial charge in [0.15, 0.2) is 0 Å². The largest absolute Gasteiger partial charge is 0.373 e. The number of rotatable bonds is 6. The molecule has 0 aliphatic carbocycles. The maximum atomic E-state index is 5.76. The van der Waals surface area contributed by atoms with Crippen LogP contribution in [-0.2, 0) is 17.7 Å². The van der Waals surface area contributed by atoms with Crippen molar-refractivity contribution < 1.29 is 4.74 Å². The van der Waals surface area contributed by atoms with Gasteiger partial charge in [-0.05, 0) is 44.5 Å². The van der Waals surface area contributed by atoms with Crippen LogP contribution in [-0.4, -0.2) is 43.3 Å². The SMILES string of the molecule is CCNCCc1ccc(CN2CCOC(C)(C)C2)cc1. The van der Waals surface area contributed by atoms with Gasteiger partial charge in [-0.1, -0.05) is 31.2 Å². The Labute approximate surface area is 123 Å². The Morgan fingerprint density at radius 1 is 1.20 bits per heavy atom. The summed E-state index contributed by atoms with van der Waals surface area (Å²) in [5.41, 5.74) is 2.80. The number of likely N-dealkylation sites (N-methyl/N-ethyl adjacent to an activating group) is 1. The highest BCUT2D eigenvalue weighted by Gasteiger charge is 2.26. The lowest BCUT2D eigenvalue weighted by atomic mass is 10.1. The van der Waals surface area contributed by atoms with Crippen LogP contribution in [0.25, 0.3) is 0 Å². The Bertz CT molecular complexity index is 400. The van der Waals surface area contributed by atoms with E-state index >= 15 is 0 Å². The van der Waals surface area contributed by atoms with Crippen molar-refractivity contribution in [1.82, 2.24) is 10.2 Å². The van der Waals surface area contributed by atoms with Crippen molar-refractivity contribution >= 4 is 0 Å². The molecule has 1 fully saturated rings. The molecule has 0 unspecified atom stereocenters. The van der Waals surface area contributed by atoms with E-state index in [1.165, 1.54) is 11.1 Å². The van der Waals surface area contributed by atoms with Crippen molar-refractivity contribution in [2.24, 2.45) is 0 Å². The summed E-state index contributed by atoms with van der Waals surface area (Å²) in [6.45, 7) is 12.5. The standard InChI is InChI=1S/C17H28N2O/c1-4-18-10-9-15-5-7-16(8-6-15)13-19-11-12-20-17(2,3)14-19/h5-8,18H,4,9-14H2,1-3H3. The summed E-state index contributed by atoms with van der Waals surface area (Å²) in [4.78, 5) is 2.48. The van der Waals surface area contributed by atoms with E-state index in [-0.39, 0.29) is 5.60 Å². The van der Waals surface area contributed by atoms with Crippen LogP contribution in [0.4, 0.5) is 0 Å². The molecule has 0 saturated carbocycles. The predicted octanol–water partition coefficient (Wildman–Crippen LogP) is 2.45. The van der Waals surface area contributed by atoms with Gasteiger partial charge >= 0.3 is 0 Å². The molecule has 2 rings (SSSR count). The van der Waals surface area contributed by atoms with Crippen molar-refractivity contribution in [1.29, 1.82) is 0 Å². The van der Waals surface area contributed by atoms with E-state index in [1.54, 1.807) is 0 Å². The fourth-order valence-electron chi connectivity index (χ4n) is 2.73. The molecular formula is C17H28N2O. The highest BCUT2D eigenvalue weighted by atomic mass is 16.5. The lowest BCUT2D eigenvalue weighted by Gasteiger charge is -2.38. The maximum absolute atomic E-state index is 5.76. The summed E-state index contributed by atoms with van der Waals surface area (Å²) in [6.07, 6.45) is 1.11. The second-order valence-corrected chi connectivity index (χ2v) is 6.24. The van der Waals surface area contributed by atoms with Crippen molar-refractivity contribution in [2.45, 2.75) is 39.3 Å². The zero-order valence-electron chi connectivity index (χ0n) is 13.1. The van der Waals surface area contributed by atoms with E-state index in [9.17, 15) is 0 Å². The molecule has 1 saturated heterocycles. The van der Waals surface area contributed by atoms with Crippen LogP contribution in [0.2, 0.25) is 0 Å². The molecular weight excluding hydrogens is 248 g/mol. The lowest BCUT2D eigenvalue weighted by molar-refractivity contribution is -0.0882. The molecule has 1 aromatic carbocycles. The van der Waals surface area contributed by atoms with Crippen LogP contribution in [0.5, 0.6) is 0 Å². The van der Waals surface area contributed by atoms with Gasteiger partial charge in [-0.25, -0.2) is 0 Å². The predicted molar refractivity (Wildman–Crippen MR) is 84.0 cm³/mol. The summed E-state index contributed by atoms with van der Waals surface area (Å²) >= 11 is 0. The first-order valence-corrected chi connectivity index (χ1v) is 7.74. The van der Waals surface area contributed by atoms with Gasteiger partial charge in [-0.3, -0.25) is 4.90 Å². The van der Waals surface area contributed by atoms with Crippen molar-refractivity contribution in [3.8, 4) is 0 Å².